The third kappa shape index (κ3) is 6.85. The third-order valence-corrected chi connectivity index (χ3v) is 6.44. The van der Waals surface area contributed by atoms with Crippen LogP contribution in [-0.4, -0.2) is 37.8 Å². The van der Waals surface area contributed by atoms with Gasteiger partial charge in [-0.1, -0.05) is 50.7 Å². The summed E-state index contributed by atoms with van der Waals surface area (Å²) in [4.78, 5) is 40.1. The Morgan fingerprint density at radius 1 is 0.971 bits per heavy atom. The van der Waals surface area contributed by atoms with Crippen molar-refractivity contribution in [2.45, 2.75) is 84.1 Å². The van der Waals surface area contributed by atoms with Gasteiger partial charge in [0.25, 0.3) is 0 Å². The number of carbonyl (C=O) groups is 3. The van der Waals surface area contributed by atoms with Crippen LogP contribution in [0.5, 0.6) is 0 Å². The van der Waals surface area contributed by atoms with Crippen molar-refractivity contribution in [3.8, 4) is 0 Å². The van der Waals surface area contributed by atoms with Crippen LogP contribution < -0.4 is 16.4 Å². The fourth-order valence-electron chi connectivity index (χ4n) is 4.34. The number of urea groups is 1. The van der Waals surface area contributed by atoms with Crippen molar-refractivity contribution in [2.24, 2.45) is 5.41 Å². The maximum absolute atomic E-state index is 12.4. The van der Waals surface area contributed by atoms with Crippen LogP contribution in [0.25, 0.3) is 0 Å². The topological polar surface area (TPSA) is 145 Å². The standard InChI is InChI=1S/C24H35N7O3/c1-2-24(21(32)27-23(34)28-22(24)33)16-19-17-31(30-29-19)14-10-8-6-4-3-5-7-9-11-18-12-13-26-20(25)15-18/h12-13,15,17H,2-11,14,16H2,1H3,(H2,25,26)(H2,27,28,32,33,34). The zero-order valence-electron chi connectivity index (χ0n) is 19.9. The maximum Gasteiger partial charge on any atom is 0.328 e. The lowest BCUT2D eigenvalue weighted by Gasteiger charge is -2.32. The van der Waals surface area contributed by atoms with E-state index in [1.165, 1.54) is 44.1 Å². The summed E-state index contributed by atoms with van der Waals surface area (Å²) in [5.41, 5.74) is 6.20. The predicted octanol–water partition coefficient (Wildman–Crippen LogP) is 2.92. The van der Waals surface area contributed by atoms with E-state index in [1.807, 2.05) is 12.1 Å². The molecule has 2 aromatic heterocycles. The Bertz CT molecular complexity index is 968. The molecular formula is C24H35N7O3. The second-order valence-corrected chi connectivity index (χ2v) is 8.99. The highest BCUT2D eigenvalue weighted by atomic mass is 16.2. The van der Waals surface area contributed by atoms with Crippen LogP contribution in [0.15, 0.2) is 24.5 Å². The number of amides is 4. The van der Waals surface area contributed by atoms with Crippen LogP contribution in [0.2, 0.25) is 0 Å². The molecule has 1 saturated heterocycles. The van der Waals surface area contributed by atoms with Gasteiger partial charge >= 0.3 is 6.03 Å². The molecule has 0 bridgehead atoms. The van der Waals surface area contributed by atoms with Crippen molar-refractivity contribution in [3.63, 3.8) is 0 Å². The number of aryl methyl sites for hydroxylation is 2. The van der Waals surface area contributed by atoms with Gasteiger partial charge in [-0.3, -0.25) is 24.9 Å². The summed E-state index contributed by atoms with van der Waals surface area (Å²) in [5.74, 6) is -0.577. The Kier molecular flexibility index (Phi) is 9.12. The molecule has 0 saturated carbocycles. The normalized spacial score (nSPS) is 15.3. The van der Waals surface area contributed by atoms with Crippen LogP contribution in [0.3, 0.4) is 0 Å². The Morgan fingerprint density at radius 2 is 1.62 bits per heavy atom. The van der Waals surface area contributed by atoms with Gasteiger partial charge in [-0.15, -0.1) is 5.10 Å². The Morgan fingerprint density at radius 3 is 2.26 bits per heavy atom. The van der Waals surface area contributed by atoms with Crippen molar-refractivity contribution in [1.82, 2.24) is 30.6 Å². The molecule has 184 valence electrons. The van der Waals surface area contributed by atoms with Gasteiger partial charge in [-0.2, -0.15) is 0 Å². The number of anilines is 1. The molecule has 0 radical (unpaired) electrons. The molecule has 0 atom stereocenters. The molecule has 34 heavy (non-hydrogen) atoms. The number of carbonyl (C=O) groups excluding carboxylic acids is 3. The van der Waals surface area contributed by atoms with Gasteiger partial charge in [0.2, 0.25) is 11.8 Å². The van der Waals surface area contributed by atoms with Crippen LogP contribution in [0.4, 0.5) is 10.6 Å². The minimum atomic E-state index is -1.33. The van der Waals surface area contributed by atoms with Gasteiger partial charge in [0.05, 0.1) is 5.69 Å². The number of hydrogen-bond acceptors (Lipinski definition) is 7. The van der Waals surface area contributed by atoms with E-state index < -0.39 is 23.3 Å². The van der Waals surface area contributed by atoms with Crippen molar-refractivity contribution >= 4 is 23.7 Å². The summed E-state index contributed by atoms with van der Waals surface area (Å²) in [7, 11) is 0. The molecule has 4 amide bonds. The quantitative estimate of drug-likeness (QED) is 0.285. The Balaban J connectivity index is 1.28. The highest BCUT2D eigenvalue weighted by molar-refractivity contribution is 6.19. The van der Waals surface area contributed by atoms with Gasteiger partial charge in [-0.05, 0) is 43.4 Å². The maximum atomic E-state index is 12.4. The molecule has 0 spiro atoms. The number of nitrogens with zero attached hydrogens (tertiary/aromatic N) is 4. The largest absolute Gasteiger partial charge is 0.384 e. The fourth-order valence-corrected chi connectivity index (χ4v) is 4.34. The molecule has 0 aromatic carbocycles. The first-order valence-electron chi connectivity index (χ1n) is 12.2. The molecule has 1 fully saturated rings. The predicted molar refractivity (Wildman–Crippen MR) is 127 cm³/mol. The number of hydrogen-bond donors (Lipinski definition) is 3. The number of rotatable bonds is 14. The van der Waals surface area contributed by atoms with Gasteiger partial charge in [0, 0.05) is 25.4 Å². The first-order valence-corrected chi connectivity index (χ1v) is 12.2. The van der Waals surface area contributed by atoms with Crippen LogP contribution in [0, 0.1) is 5.41 Å². The number of imide groups is 2. The molecule has 10 heteroatoms. The second-order valence-electron chi connectivity index (χ2n) is 8.99. The minimum absolute atomic E-state index is 0.114. The van der Waals surface area contributed by atoms with E-state index in [0.29, 0.717) is 11.5 Å². The number of pyridine rings is 1. The lowest BCUT2D eigenvalue weighted by atomic mass is 9.78. The van der Waals surface area contributed by atoms with E-state index in [2.05, 4.69) is 25.9 Å². The number of nitrogens with two attached hydrogens (primary N) is 1. The number of barbiturate groups is 1. The molecule has 3 rings (SSSR count). The number of unbranched alkanes of at least 4 members (excludes halogenated alkanes) is 7. The minimum Gasteiger partial charge on any atom is -0.384 e. The average Bonchev–Trinajstić information content (AvgIpc) is 3.24. The van der Waals surface area contributed by atoms with Crippen molar-refractivity contribution in [2.75, 3.05) is 5.73 Å². The SMILES string of the molecule is CCC1(Cc2cn(CCCCCCCCCCc3ccnc(N)c3)nn2)C(=O)NC(=O)NC1=O. The average molecular weight is 470 g/mol. The van der Waals surface area contributed by atoms with Crippen LogP contribution >= 0.6 is 0 Å². The van der Waals surface area contributed by atoms with E-state index in [9.17, 15) is 14.4 Å². The van der Waals surface area contributed by atoms with Crippen molar-refractivity contribution < 1.29 is 14.4 Å². The van der Waals surface area contributed by atoms with E-state index in [1.54, 1.807) is 24.0 Å². The molecule has 1 aliphatic rings. The lowest BCUT2D eigenvalue weighted by Crippen LogP contribution is -2.63. The molecule has 2 aromatic rings. The third-order valence-electron chi connectivity index (χ3n) is 6.44. The van der Waals surface area contributed by atoms with E-state index in [4.69, 9.17) is 5.73 Å². The van der Waals surface area contributed by atoms with Crippen LogP contribution in [0.1, 0.15) is 76.0 Å². The zero-order chi connectivity index (χ0) is 24.4. The summed E-state index contributed by atoms with van der Waals surface area (Å²) in [6.45, 7) is 2.49. The molecule has 0 unspecified atom stereocenters. The molecule has 0 aliphatic carbocycles. The highest BCUT2D eigenvalue weighted by Gasteiger charge is 2.49. The summed E-state index contributed by atoms with van der Waals surface area (Å²) in [6.07, 6.45) is 14.4. The highest BCUT2D eigenvalue weighted by Crippen LogP contribution is 2.29. The first-order chi connectivity index (χ1) is 16.4. The smallest absolute Gasteiger partial charge is 0.328 e. The van der Waals surface area contributed by atoms with E-state index >= 15 is 0 Å². The van der Waals surface area contributed by atoms with Gasteiger partial charge in [0.15, 0.2) is 0 Å². The second kappa shape index (κ2) is 12.2. The van der Waals surface area contributed by atoms with E-state index in [-0.39, 0.29) is 12.8 Å². The number of nitrogen functional groups attached to an aromatic ring is 1. The van der Waals surface area contributed by atoms with Gasteiger partial charge in [0.1, 0.15) is 11.2 Å². The number of aromatic nitrogens is 4. The molecule has 1 aliphatic heterocycles. The van der Waals surface area contributed by atoms with Crippen molar-refractivity contribution in [3.05, 3.63) is 35.8 Å². The summed E-state index contributed by atoms with van der Waals surface area (Å²) < 4.78 is 1.76. The Labute approximate surface area is 200 Å². The Hall–Kier alpha value is -3.30. The zero-order valence-corrected chi connectivity index (χ0v) is 19.9. The van der Waals surface area contributed by atoms with Gasteiger partial charge in [-0.25, -0.2) is 9.78 Å². The molecular weight excluding hydrogens is 434 g/mol. The lowest BCUT2D eigenvalue weighted by molar-refractivity contribution is -0.144. The molecule has 4 N–H and O–H groups in total. The van der Waals surface area contributed by atoms with E-state index in [0.717, 1.165) is 25.8 Å². The molecule has 3 heterocycles. The fraction of sp³-hybridized carbons (Fsp3) is 0.583. The van der Waals surface area contributed by atoms with Crippen LogP contribution in [-0.2, 0) is 29.0 Å². The van der Waals surface area contributed by atoms with Gasteiger partial charge < -0.3 is 5.73 Å². The van der Waals surface area contributed by atoms with Crippen molar-refractivity contribution in [1.29, 1.82) is 0 Å². The summed E-state index contributed by atoms with van der Waals surface area (Å²) in [6, 6.07) is 3.20. The molecule has 10 nitrogen and oxygen atoms in total. The monoisotopic (exact) mass is 469 g/mol. The summed E-state index contributed by atoms with van der Waals surface area (Å²) in [5, 5.41) is 12.6. The first kappa shape index (κ1) is 25.3. The number of nitrogens with one attached hydrogen (secondary N) is 2. The summed E-state index contributed by atoms with van der Waals surface area (Å²) >= 11 is 0.